The third kappa shape index (κ3) is 3.54. The molecule has 0 saturated heterocycles. The number of Topliss-reactive ketones (excluding diaryl/α,β-unsaturated/α-hetero) is 1. The summed E-state index contributed by atoms with van der Waals surface area (Å²) in [6.45, 7) is 0. The Morgan fingerprint density at radius 2 is 2.12 bits per heavy atom. The second-order valence-corrected chi connectivity index (χ2v) is 4.42. The topological polar surface area (TPSA) is 43.4 Å². The first-order valence-electron chi connectivity index (χ1n) is 5.00. The van der Waals surface area contributed by atoms with E-state index < -0.39 is 5.97 Å². The minimum atomic E-state index is -0.434. The molecule has 5 heteroatoms. The SMILES string of the molecule is COC(=O)c1ccc(C(=O)CCBr)c(CCl)c1. The van der Waals surface area contributed by atoms with Crippen LogP contribution in [0.25, 0.3) is 0 Å². The normalized spacial score (nSPS) is 10.1. The molecule has 3 nitrogen and oxygen atoms in total. The summed E-state index contributed by atoms with van der Waals surface area (Å²) in [5, 5.41) is 0.603. The first kappa shape index (κ1) is 14.2. The number of rotatable bonds is 5. The quantitative estimate of drug-likeness (QED) is 0.475. The van der Waals surface area contributed by atoms with Crippen LogP contribution in [0, 0.1) is 0 Å². The van der Waals surface area contributed by atoms with E-state index in [1.807, 2.05) is 0 Å². The summed E-state index contributed by atoms with van der Waals surface area (Å²) in [5.41, 5.74) is 1.62. The van der Waals surface area contributed by atoms with Crippen LogP contribution >= 0.6 is 27.5 Å². The summed E-state index contributed by atoms with van der Waals surface area (Å²) in [4.78, 5) is 23.1. The van der Waals surface area contributed by atoms with Gasteiger partial charge < -0.3 is 4.74 Å². The Labute approximate surface area is 113 Å². The Morgan fingerprint density at radius 1 is 1.41 bits per heavy atom. The Hall–Kier alpha value is -0.870. The van der Waals surface area contributed by atoms with Crippen LogP contribution in [0.4, 0.5) is 0 Å². The second kappa shape index (κ2) is 6.77. The van der Waals surface area contributed by atoms with E-state index in [4.69, 9.17) is 11.6 Å². The predicted octanol–water partition coefficient (Wildman–Crippen LogP) is 3.18. The Bertz CT molecular complexity index is 432. The van der Waals surface area contributed by atoms with Crippen molar-refractivity contribution in [1.29, 1.82) is 0 Å². The Morgan fingerprint density at radius 3 is 2.65 bits per heavy atom. The largest absolute Gasteiger partial charge is 0.465 e. The molecule has 17 heavy (non-hydrogen) atoms. The van der Waals surface area contributed by atoms with Gasteiger partial charge in [0.1, 0.15) is 0 Å². The number of carbonyl (C=O) groups excluding carboxylic acids is 2. The van der Waals surface area contributed by atoms with Crippen molar-refractivity contribution >= 4 is 39.3 Å². The molecule has 0 radical (unpaired) electrons. The van der Waals surface area contributed by atoms with Crippen LogP contribution in [0.15, 0.2) is 18.2 Å². The summed E-state index contributed by atoms with van der Waals surface area (Å²) >= 11 is 8.99. The van der Waals surface area contributed by atoms with Crippen LogP contribution in [-0.4, -0.2) is 24.2 Å². The maximum Gasteiger partial charge on any atom is 0.337 e. The molecule has 0 amide bonds. The fraction of sp³-hybridized carbons (Fsp3) is 0.333. The molecule has 0 aliphatic rings. The van der Waals surface area contributed by atoms with Gasteiger partial charge >= 0.3 is 5.97 Å². The summed E-state index contributed by atoms with van der Waals surface area (Å²) in [6, 6.07) is 4.79. The lowest BCUT2D eigenvalue weighted by atomic mass is 10.0. The molecule has 1 aromatic rings. The average molecular weight is 320 g/mol. The molecule has 1 aromatic carbocycles. The maximum atomic E-state index is 11.8. The van der Waals surface area contributed by atoms with Gasteiger partial charge in [-0.2, -0.15) is 0 Å². The van der Waals surface area contributed by atoms with Crippen LogP contribution in [0.3, 0.4) is 0 Å². The standard InChI is InChI=1S/C12H12BrClO3/c1-17-12(16)8-2-3-10(9(6-8)7-14)11(15)4-5-13/h2-3,6H,4-5,7H2,1H3. The van der Waals surface area contributed by atoms with E-state index in [-0.39, 0.29) is 11.7 Å². The van der Waals surface area contributed by atoms with Crippen molar-refractivity contribution < 1.29 is 14.3 Å². The molecule has 0 saturated carbocycles. The number of methoxy groups -OCH3 is 1. The van der Waals surface area contributed by atoms with Crippen LogP contribution in [-0.2, 0) is 10.6 Å². The summed E-state index contributed by atoms with van der Waals surface area (Å²) in [6.07, 6.45) is 0.404. The molecule has 0 unspecified atom stereocenters. The Kier molecular flexibility index (Phi) is 5.65. The average Bonchev–Trinajstić information content (AvgIpc) is 2.37. The molecule has 0 heterocycles. The third-order valence-corrected chi connectivity index (χ3v) is 2.98. The molecular formula is C12H12BrClO3. The minimum Gasteiger partial charge on any atom is -0.465 e. The molecule has 0 aromatic heterocycles. The lowest BCUT2D eigenvalue weighted by Gasteiger charge is -2.07. The number of benzene rings is 1. The zero-order valence-electron chi connectivity index (χ0n) is 9.33. The van der Waals surface area contributed by atoms with Crippen molar-refractivity contribution in [2.24, 2.45) is 0 Å². The van der Waals surface area contributed by atoms with Crippen molar-refractivity contribution in [1.82, 2.24) is 0 Å². The fourth-order valence-corrected chi connectivity index (χ4v) is 2.02. The van der Waals surface area contributed by atoms with Crippen molar-refractivity contribution in [3.05, 3.63) is 34.9 Å². The molecular weight excluding hydrogens is 307 g/mol. The number of hydrogen-bond acceptors (Lipinski definition) is 3. The van der Waals surface area contributed by atoms with Crippen molar-refractivity contribution in [3.8, 4) is 0 Å². The molecule has 92 valence electrons. The Balaban J connectivity index is 3.09. The molecule has 0 spiro atoms. The van der Waals surface area contributed by atoms with E-state index in [9.17, 15) is 9.59 Å². The highest BCUT2D eigenvalue weighted by Gasteiger charge is 2.13. The van der Waals surface area contributed by atoms with Gasteiger partial charge in [0.15, 0.2) is 5.78 Å². The highest BCUT2D eigenvalue weighted by molar-refractivity contribution is 9.09. The van der Waals surface area contributed by atoms with E-state index in [1.54, 1.807) is 18.2 Å². The number of alkyl halides is 2. The van der Waals surface area contributed by atoms with Crippen molar-refractivity contribution in [2.75, 3.05) is 12.4 Å². The van der Waals surface area contributed by atoms with Gasteiger partial charge in [0.2, 0.25) is 0 Å². The van der Waals surface area contributed by atoms with E-state index >= 15 is 0 Å². The van der Waals surface area contributed by atoms with Crippen LogP contribution in [0.1, 0.15) is 32.7 Å². The van der Waals surface area contributed by atoms with Gasteiger partial charge in [-0.25, -0.2) is 4.79 Å². The van der Waals surface area contributed by atoms with Gasteiger partial charge in [-0.3, -0.25) is 4.79 Å². The molecule has 0 aliphatic carbocycles. The van der Waals surface area contributed by atoms with Gasteiger partial charge in [0, 0.05) is 23.2 Å². The molecule has 0 atom stereocenters. The van der Waals surface area contributed by atoms with Crippen LogP contribution < -0.4 is 0 Å². The molecule has 0 fully saturated rings. The van der Waals surface area contributed by atoms with Gasteiger partial charge in [-0.05, 0) is 17.7 Å². The van der Waals surface area contributed by atoms with Gasteiger partial charge in [0.05, 0.1) is 12.7 Å². The first-order chi connectivity index (χ1) is 8.13. The number of halogens is 2. The number of esters is 1. The lowest BCUT2D eigenvalue weighted by molar-refractivity contribution is 0.0600. The molecule has 0 aliphatic heterocycles. The van der Waals surface area contributed by atoms with E-state index in [1.165, 1.54) is 7.11 Å². The zero-order valence-corrected chi connectivity index (χ0v) is 11.7. The number of ether oxygens (including phenoxy) is 1. The predicted molar refractivity (Wildman–Crippen MR) is 70.1 cm³/mol. The number of ketones is 1. The molecule has 0 N–H and O–H groups in total. The monoisotopic (exact) mass is 318 g/mol. The van der Waals surface area contributed by atoms with E-state index in [0.29, 0.717) is 28.4 Å². The van der Waals surface area contributed by atoms with Gasteiger partial charge in [-0.15, -0.1) is 11.6 Å². The molecule has 0 bridgehead atoms. The van der Waals surface area contributed by atoms with Crippen LogP contribution in [0.2, 0.25) is 0 Å². The first-order valence-corrected chi connectivity index (χ1v) is 6.66. The lowest BCUT2D eigenvalue weighted by Crippen LogP contribution is -2.07. The van der Waals surface area contributed by atoms with E-state index in [2.05, 4.69) is 20.7 Å². The van der Waals surface area contributed by atoms with Crippen molar-refractivity contribution in [2.45, 2.75) is 12.3 Å². The van der Waals surface area contributed by atoms with Crippen molar-refractivity contribution in [3.63, 3.8) is 0 Å². The third-order valence-electron chi connectivity index (χ3n) is 2.29. The fourth-order valence-electron chi connectivity index (χ4n) is 1.44. The zero-order chi connectivity index (χ0) is 12.8. The highest BCUT2D eigenvalue weighted by atomic mass is 79.9. The van der Waals surface area contributed by atoms with Gasteiger partial charge in [-0.1, -0.05) is 22.0 Å². The summed E-state index contributed by atoms with van der Waals surface area (Å²) < 4.78 is 4.61. The number of hydrogen-bond donors (Lipinski definition) is 0. The number of carbonyl (C=O) groups is 2. The second-order valence-electron chi connectivity index (χ2n) is 3.36. The van der Waals surface area contributed by atoms with Gasteiger partial charge in [0.25, 0.3) is 0 Å². The molecule has 1 rings (SSSR count). The highest BCUT2D eigenvalue weighted by Crippen LogP contribution is 2.17. The minimum absolute atomic E-state index is 0.00828. The smallest absolute Gasteiger partial charge is 0.337 e. The van der Waals surface area contributed by atoms with Crippen LogP contribution in [0.5, 0.6) is 0 Å². The summed E-state index contributed by atoms with van der Waals surface area (Å²) in [5.74, 6) is -0.237. The van der Waals surface area contributed by atoms with E-state index in [0.717, 1.165) is 0 Å². The maximum absolute atomic E-state index is 11.8. The summed E-state index contributed by atoms with van der Waals surface area (Å²) in [7, 11) is 1.31.